The number of benzene rings is 2. The molecule has 2 rings (SSSR count). The zero-order valence-electron chi connectivity index (χ0n) is 19.9. The van der Waals surface area contributed by atoms with Gasteiger partial charge >= 0.3 is 5.97 Å². The van der Waals surface area contributed by atoms with E-state index >= 15 is 0 Å². The quantitative estimate of drug-likeness (QED) is 0.521. The summed E-state index contributed by atoms with van der Waals surface area (Å²) in [6.45, 7) is 14.7. The van der Waals surface area contributed by atoms with Gasteiger partial charge in [-0.05, 0) is 79.1 Å². The fraction of sp³-hybridized carbons (Fsp3) is 0.500. The number of hydrogen-bond acceptors (Lipinski definition) is 5. The Hall–Kier alpha value is -2.53. The number of ether oxygens (including phenoxy) is 2. The minimum absolute atomic E-state index is 0.111. The molecule has 2 aromatic rings. The molecule has 0 aliphatic heterocycles. The first-order valence-corrected chi connectivity index (χ1v) is 11.0. The van der Waals surface area contributed by atoms with E-state index in [0.29, 0.717) is 24.1 Å². The van der Waals surface area contributed by atoms with E-state index in [2.05, 4.69) is 52.9 Å². The number of phenolic OH excluding ortho intramolecular Hbond substituents is 1. The molecule has 0 aromatic heterocycles. The molecule has 170 valence electrons. The summed E-state index contributed by atoms with van der Waals surface area (Å²) in [5.74, 6) is 0.902. The Balaban J connectivity index is 2.01. The standard InChI is InChI=1S/C26H37NO4/c1-16(2)23-12-21(8-9-25(23)28)13-24-18(5)10-22(11-19(24)6)30-15-26(29)31-20(7)14-27-17(3)4/h8-12,16-17,20,27-28H,13-15H2,1-7H3. The van der Waals surface area contributed by atoms with Crippen LogP contribution in [0.2, 0.25) is 0 Å². The van der Waals surface area contributed by atoms with Gasteiger partial charge in [0.05, 0.1) is 0 Å². The number of carbonyl (C=O) groups excluding carboxylic acids is 1. The second-order valence-electron chi connectivity index (χ2n) is 8.91. The Labute approximate surface area is 186 Å². The third-order valence-electron chi connectivity index (χ3n) is 5.27. The van der Waals surface area contributed by atoms with Gasteiger partial charge in [0.2, 0.25) is 0 Å². The molecule has 0 aliphatic rings. The van der Waals surface area contributed by atoms with Gasteiger partial charge in [-0.3, -0.25) is 0 Å². The van der Waals surface area contributed by atoms with Crippen LogP contribution in [0.25, 0.3) is 0 Å². The summed E-state index contributed by atoms with van der Waals surface area (Å²) in [4.78, 5) is 12.1. The summed E-state index contributed by atoms with van der Waals surface area (Å²) in [6.07, 6.45) is 0.575. The summed E-state index contributed by atoms with van der Waals surface area (Å²) in [5, 5.41) is 13.3. The summed E-state index contributed by atoms with van der Waals surface area (Å²) < 4.78 is 11.1. The third-order valence-corrected chi connectivity index (χ3v) is 5.27. The Bertz CT molecular complexity index is 866. The molecule has 0 saturated heterocycles. The monoisotopic (exact) mass is 427 g/mol. The van der Waals surface area contributed by atoms with Crippen LogP contribution < -0.4 is 10.1 Å². The fourth-order valence-electron chi connectivity index (χ4n) is 3.54. The van der Waals surface area contributed by atoms with Crippen molar-refractivity contribution in [1.29, 1.82) is 0 Å². The van der Waals surface area contributed by atoms with Gasteiger partial charge in [-0.15, -0.1) is 0 Å². The number of hydrogen-bond donors (Lipinski definition) is 2. The maximum atomic E-state index is 12.1. The maximum Gasteiger partial charge on any atom is 0.344 e. The predicted octanol–water partition coefficient (Wildman–Crippen LogP) is 5.03. The molecule has 0 spiro atoms. The Kier molecular flexibility index (Phi) is 8.93. The highest BCUT2D eigenvalue weighted by atomic mass is 16.6. The topological polar surface area (TPSA) is 67.8 Å². The Morgan fingerprint density at radius 3 is 2.26 bits per heavy atom. The lowest BCUT2D eigenvalue weighted by molar-refractivity contribution is -0.150. The molecule has 0 bridgehead atoms. The van der Waals surface area contributed by atoms with Crippen LogP contribution in [0.5, 0.6) is 11.5 Å². The van der Waals surface area contributed by atoms with E-state index in [-0.39, 0.29) is 24.6 Å². The van der Waals surface area contributed by atoms with Crippen LogP contribution in [0.3, 0.4) is 0 Å². The van der Waals surface area contributed by atoms with Crippen molar-refractivity contribution in [1.82, 2.24) is 5.32 Å². The van der Waals surface area contributed by atoms with Gasteiger partial charge in [0.15, 0.2) is 6.61 Å². The molecule has 0 saturated carbocycles. The minimum Gasteiger partial charge on any atom is -0.508 e. The van der Waals surface area contributed by atoms with Gasteiger partial charge in [0.1, 0.15) is 17.6 Å². The molecule has 31 heavy (non-hydrogen) atoms. The van der Waals surface area contributed by atoms with Crippen molar-refractivity contribution in [2.45, 2.75) is 73.0 Å². The highest BCUT2D eigenvalue weighted by Crippen LogP contribution is 2.29. The van der Waals surface area contributed by atoms with Gasteiger partial charge in [0, 0.05) is 12.6 Å². The average Bonchev–Trinajstić information content (AvgIpc) is 2.68. The van der Waals surface area contributed by atoms with Crippen LogP contribution in [0, 0.1) is 13.8 Å². The first-order valence-electron chi connectivity index (χ1n) is 11.0. The smallest absolute Gasteiger partial charge is 0.344 e. The molecule has 2 N–H and O–H groups in total. The molecule has 1 unspecified atom stereocenters. The van der Waals surface area contributed by atoms with Crippen LogP contribution in [0.1, 0.15) is 68.4 Å². The normalized spacial score (nSPS) is 12.3. The number of carbonyl (C=O) groups is 1. The fourth-order valence-corrected chi connectivity index (χ4v) is 3.54. The zero-order chi connectivity index (χ0) is 23.1. The molecule has 5 heteroatoms. The Morgan fingerprint density at radius 1 is 1.03 bits per heavy atom. The lowest BCUT2D eigenvalue weighted by Crippen LogP contribution is -2.34. The van der Waals surface area contributed by atoms with E-state index in [9.17, 15) is 9.90 Å². The lowest BCUT2D eigenvalue weighted by Gasteiger charge is -2.17. The average molecular weight is 428 g/mol. The molecule has 0 amide bonds. The van der Waals surface area contributed by atoms with Crippen LogP contribution in [-0.4, -0.2) is 36.4 Å². The second kappa shape index (κ2) is 11.2. The van der Waals surface area contributed by atoms with Crippen LogP contribution in [0.15, 0.2) is 30.3 Å². The number of phenols is 1. The number of nitrogens with one attached hydrogen (secondary N) is 1. The molecule has 1 atom stereocenters. The van der Waals surface area contributed by atoms with E-state index < -0.39 is 0 Å². The second-order valence-corrected chi connectivity index (χ2v) is 8.91. The summed E-state index contributed by atoms with van der Waals surface area (Å²) in [5.41, 5.74) is 5.57. The van der Waals surface area contributed by atoms with Crippen molar-refractivity contribution in [2.75, 3.05) is 13.2 Å². The van der Waals surface area contributed by atoms with E-state index in [0.717, 1.165) is 28.7 Å². The van der Waals surface area contributed by atoms with Gasteiger partial charge in [0.25, 0.3) is 0 Å². The van der Waals surface area contributed by atoms with Crippen molar-refractivity contribution < 1.29 is 19.4 Å². The van der Waals surface area contributed by atoms with Crippen molar-refractivity contribution >= 4 is 5.97 Å². The van der Waals surface area contributed by atoms with Crippen molar-refractivity contribution in [2.24, 2.45) is 0 Å². The summed E-state index contributed by atoms with van der Waals surface area (Å²) in [7, 11) is 0. The molecule has 0 radical (unpaired) electrons. The molecular weight excluding hydrogens is 390 g/mol. The predicted molar refractivity (Wildman–Crippen MR) is 125 cm³/mol. The number of rotatable bonds is 10. The third kappa shape index (κ3) is 7.59. The van der Waals surface area contributed by atoms with Gasteiger partial charge in [-0.25, -0.2) is 4.79 Å². The zero-order valence-corrected chi connectivity index (χ0v) is 19.9. The number of aromatic hydroxyl groups is 1. The maximum absolute atomic E-state index is 12.1. The van der Waals surface area contributed by atoms with Gasteiger partial charge in [-0.1, -0.05) is 39.8 Å². The van der Waals surface area contributed by atoms with Crippen molar-refractivity contribution in [3.05, 3.63) is 58.1 Å². The summed E-state index contributed by atoms with van der Waals surface area (Å²) in [6, 6.07) is 10.1. The Morgan fingerprint density at radius 2 is 1.68 bits per heavy atom. The van der Waals surface area contributed by atoms with Crippen LogP contribution in [-0.2, 0) is 16.0 Å². The van der Waals surface area contributed by atoms with Crippen LogP contribution >= 0.6 is 0 Å². The van der Waals surface area contributed by atoms with E-state index in [1.807, 2.05) is 25.1 Å². The van der Waals surface area contributed by atoms with E-state index in [4.69, 9.17) is 9.47 Å². The first-order chi connectivity index (χ1) is 14.6. The van der Waals surface area contributed by atoms with Crippen LogP contribution in [0.4, 0.5) is 0 Å². The van der Waals surface area contributed by atoms with Crippen molar-refractivity contribution in [3.8, 4) is 11.5 Å². The van der Waals surface area contributed by atoms with Gasteiger partial charge < -0.3 is 19.9 Å². The minimum atomic E-state index is -0.372. The molecule has 0 aliphatic carbocycles. The molecule has 0 heterocycles. The number of esters is 1. The molecule has 5 nitrogen and oxygen atoms in total. The first kappa shape index (κ1) is 24.7. The van der Waals surface area contributed by atoms with E-state index in [1.54, 1.807) is 6.07 Å². The molecule has 2 aromatic carbocycles. The van der Waals surface area contributed by atoms with E-state index in [1.165, 1.54) is 5.56 Å². The lowest BCUT2D eigenvalue weighted by atomic mass is 9.93. The largest absolute Gasteiger partial charge is 0.508 e. The highest BCUT2D eigenvalue weighted by molar-refractivity contribution is 5.71. The molecular formula is C26H37NO4. The summed E-state index contributed by atoms with van der Waals surface area (Å²) >= 11 is 0. The molecule has 0 fully saturated rings. The highest BCUT2D eigenvalue weighted by Gasteiger charge is 2.13. The van der Waals surface area contributed by atoms with Gasteiger partial charge in [-0.2, -0.15) is 0 Å². The SMILES string of the molecule is Cc1cc(OCC(=O)OC(C)CNC(C)C)cc(C)c1Cc1ccc(O)c(C(C)C)c1. The van der Waals surface area contributed by atoms with Crippen molar-refractivity contribution in [3.63, 3.8) is 0 Å². The number of aryl methyl sites for hydroxylation is 2.